The Hall–Kier alpha value is -1.48. The van der Waals surface area contributed by atoms with Crippen molar-refractivity contribution in [3.8, 4) is 0 Å². The van der Waals surface area contributed by atoms with E-state index in [1.54, 1.807) is 24.5 Å². The van der Waals surface area contributed by atoms with Gasteiger partial charge in [-0.3, -0.25) is 9.78 Å². The number of carbonyl (C=O) groups excluding carboxylic acids is 1. The summed E-state index contributed by atoms with van der Waals surface area (Å²) in [4.78, 5) is 16.1. The predicted octanol–water partition coefficient (Wildman–Crippen LogP) is 3.38. The van der Waals surface area contributed by atoms with E-state index in [4.69, 9.17) is 0 Å². The summed E-state index contributed by atoms with van der Waals surface area (Å²) in [6.45, 7) is 1.96. The molecular weight excluding hydrogens is 266 g/mol. The van der Waals surface area contributed by atoms with Crippen molar-refractivity contribution in [2.24, 2.45) is 0 Å². The van der Waals surface area contributed by atoms with E-state index < -0.39 is 0 Å². The Morgan fingerprint density at radius 1 is 1.31 bits per heavy atom. The fourth-order valence-corrected chi connectivity index (χ4v) is 1.89. The Labute approximate surface area is 102 Å². The summed E-state index contributed by atoms with van der Waals surface area (Å²) in [5.41, 5.74) is 2.34. The molecule has 0 N–H and O–H groups in total. The van der Waals surface area contributed by atoms with Gasteiger partial charge < -0.3 is 0 Å². The summed E-state index contributed by atoms with van der Waals surface area (Å²) in [7, 11) is 0. The molecular formula is C13H10BrNO. The van der Waals surface area contributed by atoms with Gasteiger partial charge in [-0.25, -0.2) is 0 Å². The Kier molecular flexibility index (Phi) is 3.15. The van der Waals surface area contributed by atoms with Gasteiger partial charge in [0.05, 0.1) is 0 Å². The number of hydrogen-bond donors (Lipinski definition) is 0. The monoisotopic (exact) mass is 275 g/mol. The van der Waals surface area contributed by atoms with Crippen LogP contribution in [0, 0.1) is 6.92 Å². The molecule has 0 aliphatic rings. The average molecular weight is 276 g/mol. The first-order chi connectivity index (χ1) is 7.68. The minimum Gasteiger partial charge on any atom is -0.289 e. The second kappa shape index (κ2) is 4.58. The summed E-state index contributed by atoms with van der Waals surface area (Å²) >= 11 is 3.39. The first-order valence-corrected chi connectivity index (χ1v) is 5.68. The lowest BCUT2D eigenvalue weighted by Crippen LogP contribution is -2.03. The summed E-state index contributed by atoms with van der Waals surface area (Å²) in [5.74, 6) is -0.0105. The number of aryl methyl sites for hydroxylation is 1. The highest BCUT2D eigenvalue weighted by atomic mass is 79.9. The molecule has 1 aromatic carbocycles. The standard InChI is InChI=1S/C13H10BrNO/c1-9-4-5-12(14)11(7-9)13(16)10-3-2-6-15-8-10/h2-8H,1H3. The van der Waals surface area contributed by atoms with Crippen molar-refractivity contribution in [1.82, 2.24) is 4.98 Å². The van der Waals surface area contributed by atoms with Crippen LogP contribution < -0.4 is 0 Å². The molecule has 0 bridgehead atoms. The van der Waals surface area contributed by atoms with Crippen molar-refractivity contribution in [1.29, 1.82) is 0 Å². The van der Waals surface area contributed by atoms with E-state index >= 15 is 0 Å². The maximum absolute atomic E-state index is 12.1. The molecule has 0 saturated heterocycles. The summed E-state index contributed by atoms with van der Waals surface area (Å²) in [6.07, 6.45) is 3.24. The summed E-state index contributed by atoms with van der Waals surface area (Å²) < 4.78 is 0.812. The molecule has 0 fully saturated rings. The van der Waals surface area contributed by atoms with Gasteiger partial charge in [0.2, 0.25) is 0 Å². The molecule has 2 rings (SSSR count). The average Bonchev–Trinajstić information content (AvgIpc) is 2.32. The van der Waals surface area contributed by atoms with Crippen LogP contribution in [-0.2, 0) is 0 Å². The third-order valence-corrected chi connectivity index (χ3v) is 2.98. The Morgan fingerprint density at radius 2 is 2.12 bits per heavy atom. The molecule has 3 heteroatoms. The van der Waals surface area contributed by atoms with Crippen LogP contribution in [0.3, 0.4) is 0 Å². The molecule has 0 radical (unpaired) electrons. The molecule has 0 atom stereocenters. The number of nitrogens with zero attached hydrogens (tertiary/aromatic N) is 1. The SMILES string of the molecule is Cc1ccc(Br)c(C(=O)c2cccnc2)c1. The van der Waals surface area contributed by atoms with E-state index in [2.05, 4.69) is 20.9 Å². The van der Waals surface area contributed by atoms with Gasteiger partial charge in [0, 0.05) is 28.0 Å². The van der Waals surface area contributed by atoms with Crippen LogP contribution in [0.1, 0.15) is 21.5 Å². The van der Waals surface area contributed by atoms with Gasteiger partial charge >= 0.3 is 0 Å². The fourth-order valence-electron chi connectivity index (χ4n) is 1.47. The van der Waals surface area contributed by atoms with Crippen LogP contribution in [0.15, 0.2) is 47.2 Å². The molecule has 2 nitrogen and oxygen atoms in total. The number of benzene rings is 1. The van der Waals surface area contributed by atoms with Crippen LogP contribution in [-0.4, -0.2) is 10.8 Å². The van der Waals surface area contributed by atoms with Gasteiger partial charge in [-0.15, -0.1) is 0 Å². The van der Waals surface area contributed by atoms with Crippen LogP contribution in [0.4, 0.5) is 0 Å². The smallest absolute Gasteiger partial charge is 0.195 e. The number of halogens is 1. The Balaban J connectivity index is 2.46. The largest absolute Gasteiger partial charge is 0.289 e. The predicted molar refractivity (Wildman–Crippen MR) is 66.5 cm³/mol. The number of pyridine rings is 1. The normalized spacial score (nSPS) is 10.1. The summed E-state index contributed by atoms with van der Waals surface area (Å²) in [6, 6.07) is 9.25. The number of rotatable bonds is 2. The van der Waals surface area contributed by atoms with Crippen LogP contribution in [0.2, 0.25) is 0 Å². The highest BCUT2D eigenvalue weighted by Gasteiger charge is 2.12. The van der Waals surface area contributed by atoms with Gasteiger partial charge in [0.15, 0.2) is 5.78 Å². The molecule has 0 spiro atoms. The van der Waals surface area contributed by atoms with E-state index in [1.165, 1.54) is 0 Å². The Bertz CT molecular complexity index is 523. The number of carbonyl (C=O) groups is 1. The van der Waals surface area contributed by atoms with Crippen molar-refractivity contribution < 1.29 is 4.79 Å². The lowest BCUT2D eigenvalue weighted by molar-refractivity contribution is 0.103. The zero-order valence-corrected chi connectivity index (χ0v) is 10.4. The maximum atomic E-state index is 12.1. The molecule has 2 aromatic rings. The van der Waals surface area contributed by atoms with E-state index in [9.17, 15) is 4.79 Å². The van der Waals surface area contributed by atoms with E-state index in [1.807, 2.05) is 25.1 Å². The lowest BCUT2D eigenvalue weighted by atomic mass is 10.0. The zero-order chi connectivity index (χ0) is 11.5. The quantitative estimate of drug-likeness (QED) is 0.787. The maximum Gasteiger partial charge on any atom is 0.195 e. The third-order valence-electron chi connectivity index (χ3n) is 2.29. The van der Waals surface area contributed by atoms with E-state index in [0.29, 0.717) is 11.1 Å². The van der Waals surface area contributed by atoms with E-state index in [-0.39, 0.29) is 5.78 Å². The second-order valence-corrected chi connectivity index (χ2v) is 4.41. The van der Waals surface area contributed by atoms with Crippen LogP contribution in [0.25, 0.3) is 0 Å². The van der Waals surface area contributed by atoms with Crippen molar-refractivity contribution in [3.63, 3.8) is 0 Å². The van der Waals surface area contributed by atoms with Crippen molar-refractivity contribution in [2.45, 2.75) is 6.92 Å². The molecule has 0 aliphatic carbocycles. The van der Waals surface area contributed by atoms with Gasteiger partial charge in [0.1, 0.15) is 0 Å². The van der Waals surface area contributed by atoms with Gasteiger partial charge in [0.25, 0.3) is 0 Å². The minimum absolute atomic E-state index is 0.0105. The first-order valence-electron chi connectivity index (χ1n) is 4.89. The van der Waals surface area contributed by atoms with E-state index in [0.717, 1.165) is 10.0 Å². The molecule has 0 aliphatic heterocycles. The minimum atomic E-state index is -0.0105. The molecule has 0 amide bonds. The Morgan fingerprint density at radius 3 is 2.81 bits per heavy atom. The number of hydrogen-bond acceptors (Lipinski definition) is 2. The van der Waals surface area contributed by atoms with Crippen LogP contribution >= 0.6 is 15.9 Å². The topological polar surface area (TPSA) is 30.0 Å². The lowest BCUT2D eigenvalue weighted by Gasteiger charge is -2.04. The van der Waals surface area contributed by atoms with Gasteiger partial charge in [-0.2, -0.15) is 0 Å². The van der Waals surface area contributed by atoms with Crippen molar-refractivity contribution >= 4 is 21.7 Å². The molecule has 0 saturated carbocycles. The molecule has 16 heavy (non-hydrogen) atoms. The molecule has 1 aromatic heterocycles. The van der Waals surface area contributed by atoms with Crippen molar-refractivity contribution in [3.05, 3.63) is 63.9 Å². The molecule has 1 heterocycles. The van der Waals surface area contributed by atoms with Crippen LogP contribution in [0.5, 0.6) is 0 Å². The fraction of sp³-hybridized carbons (Fsp3) is 0.0769. The number of ketones is 1. The highest BCUT2D eigenvalue weighted by molar-refractivity contribution is 9.10. The first kappa shape index (κ1) is 11.0. The summed E-state index contributed by atoms with van der Waals surface area (Å²) in [5, 5.41) is 0. The van der Waals surface area contributed by atoms with Gasteiger partial charge in [-0.1, -0.05) is 27.6 Å². The molecule has 0 unspecified atom stereocenters. The zero-order valence-electron chi connectivity index (χ0n) is 8.77. The van der Waals surface area contributed by atoms with Crippen molar-refractivity contribution in [2.75, 3.05) is 0 Å². The number of aromatic nitrogens is 1. The second-order valence-electron chi connectivity index (χ2n) is 3.55. The van der Waals surface area contributed by atoms with Gasteiger partial charge in [-0.05, 0) is 31.2 Å². The highest BCUT2D eigenvalue weighted by Crippen LogP contribution is 2.21. The molecule has 80 valence electrons. The third kappa shape index (κ3) is 2.19.